The summed E-state index contributed by atoms with van der Waals surface area (Å²) in [5.41, 5.74) is -0.0403. The minimum absolute atomic E-state index is 0.0780. The standard InChI is InChI=1S/C13H17ClN2O4S/c1-4-5-6-7-15(3)21(19,20)13-9-12(16(17)18)11(14)8-10(13)2/h4,8-9H,1,5-7H2,2-3H3. The first-order valence-corrected chi connectivity index (χ1v) is 8.05. The van der Waals surface area contributed by atoms with Crippen LogP contribution in [0.3, 0.4) is 0 Å². The van der Waals surface area contributed by atoms with Crippen LogP contribution in [0.2, 0.25) is 5.02 Å². The summed E-state index contributed by atoms with van der Waals surface area (Å²) in [6.07, 6.45) is 3.03. The van der Waals surface area contributed by atoms with E-state index in [1.165, 1.54) is 17.4 Å². The Morgan fingerprint density at radius 3 is 2.62 bits per heavy atom. The summed E-state index contributed by atoms with van der Waals surface area (Å²) in [5, 5.41) is 10.8. The smallest absolute Gasteiger partial charge is 0.258 e. The number of nitro benzene ring substituents is 1. The zero-order valence-corrected chi connectivity index (χ0v) is 13.4. The fraction of sp³-hybridized carbons (Fsp3) is 0.385. The van der Waals surface area contributed by atoms with Crippen molar-refractivity contribution in [1.82, 2.24) is 4.31 Å². The maximum Gasteiger partial charge on any atom is 0.289 e. The summed E-state index contributed by atoms with van der Waals surface area (Å²) >= 11 is 5.77. The van der Waals surface area contributed by atoms with Crippen molar-refractivity contribution in [3.63, 3.8) is 0 Å². The summed E-state index contributed by atoms with van der Waals surface area (Å²) in [6, 6.07) is 2.31. The van der Waals surface area contributed by atoms with Crippen molar-refractivity contribution >= 4 is 27.3 Å². The molecule has 0 N–H and O–H groups in total. The third kappa shape index (κ3) is 4.03. The fourth-order valence-electron chi connectivity index (χ4n) is 1.81. The average molecular weight is 333 g/mol. The number of unbranched alkanes of at least 4 members (excludes halogenated alkanes) is 1. The van der Waals surface area contributed by atoms with E-state index in [2.05, 4.69) is 6.58 Å². The summed E-state index contributed by atoms with van der Waals surface area (Å²) in [4.78, 5) is 10.1. The first-order valence-electron chi connectivity index (χ1n) is 6.23. The molecule has 116 valence electrons. The maximum absolute atomic E-state index is 12.5. The van der Waals surface area contributed by atoms with Crippen LogP contribution in [0.5, 0.6) is 0 Å². The number of rotatable bonds is 7. The summed E-state index contributed by atoms with van der Waals surface area (Å²) in [6.45, 7) is 5.44. The molecule has 21 heavy (non-hydrogen) atoms. The van der Waals surface area contributed by atoms with E-state index in [9.17, 15) is 18.5 Å². The summed E-state index contributed by atoms with van der Waals surface area (Å²) < 4.78 is 26.1. The van der Waals surface area contributed by atoms with Crippen LogP contribution in [-0.4, -0.2) is 31.2 Å². The first-order chi connectivity index (χ1) is 9.71. The third-order valence-corrected chi connectivity index (χ3v) is 5.31. The normalized spacial score (nSPS) is 11.6. The molecule has 0 aliphatic rings. The second-order valence-electron chi connectivity index (χ2n) is 4.58. The van der Waals surface area contributed by atoms with E-state index in [0.717, 1.165) is 6.07 Å². The van der Waals surface area contributed by atoms with Gasteiger partial charge in [0.25, 0.3) is 5.69 Å². The third-order valence-electron chi connectivity index (χ3n) is 3.01. The monoisotopic (exact) mass is 332 g/mol. The molecule has 0 aromatic heterocycles. The molecular weight excluding hydrogens is 316 g/mol. The van der Waals surface area contributed by atoms with Crippen molar-refractivity contribution in [3.05, 3.63) is 45.5 Å². The zero-order chi connectivity index (χ0) is 16.2. The van der Waals surface area contributed by atoms with Crippen molar-refractivity contribution < 1.29 is 13.3 Å². The number of allylic oxidation sites excluding steroid dienone is 1. The van der Waals surface area contributed by atoms with Crippen molar-refractivity contribution in [2.75, 3.05) is 13.6 Å². The highest BCUT2D eigenvalue weighted by Gasteiger charge is 2.26. The minimum Gasteiger partial charge on any atom is -0.258 e. The van der Waals surface area contributed by atoms with Gasteiger partial charge in [0.2, 0.25) is 10.0 Å². The van der Waals surface area contributed by atoms with E-state index in [1.54, 1.807) is 13.0 Å². The quantitative estimate of drug-likeness (QED) is 0.332. The SMILES string of the molecule is C=CCCCN(C)S(=O)(=O)c1cc([N+](=O)[O-])c(Cl)cc1C. The molecule has 0 amide bonds. The molecule has 0 spiro atoms. The Hall–Kier alpha value is -1.44. The van der Waals surface area contributed by atoms with Crippen LogP contribution in [0.1, 0.15) is 18.4 Å². The molecule has 0 heterocycles. The van der Waals surface area contributed by atoms with Crippen molar-refractivity contribution in [3.8, 4) is 0 Å². The topological polar surface area (TPSA) is 80.5 Å². The summed E-state index contributed by atoms with van der Waals surface area (Å²) in [7, 11) is -2.34. The van der Waals surface area contributed by atoms with Gasteiger partial charge in [0, 0.05) is 19.7 Å². The first kappa shape index (κ1) is 17.6. The minimum atomic E-state index is -3.79. The highest BCUT2D eigenvalue weighted by molar-refractivity contribution is 7.89. The Labute approximate surface area is 129 Å². The summed E-state index contributed by atoms with van der Waals surface area (Å²) in [5.74, 6) is 0. The lowest BCUT2D eigenvalue weighted by atomic mass is 10.2. The number of nitro groups is 1. The van der Waals surface area contributed by atoms with Crippen LogP contribution < -0.4 is 0 Å². The predicted molar refractivity (Wildman–Crippen MR) is 82.1 cm³/mol. The molecule has 1 rings (SSSR count). The van der Waals surface area contributed by atoms with Crippen LogP contribution in [0.15, 0.2) is 29.7 Å². The van der Waals surface area contributed by atoms with E-state index >= 15 is 0 Å². The molecule has 8 heteroatoms. The number of benzene rings is 1. The lowest BCUT2D eigenvalue weighted by molar-refractivity contribution is -0.384. The molecule has 1 aromatic carbocycles. The number of aryl methyl sites for hydroxylation is 1. The number of nitrogens with zero attached hydrogens (tertiary/aromatic N) is 2. The van der Waals surface area contributed by atoms with Gasteiger partial charge in [-0.25, -0.2) is 12.7 Å². The molecule has 0 bridgehead atoms. The van der Waals surface area contributed by atoms with E-state index in [4.69, 9.17) is 11.6 Å². The highest BCUT2D eigenvalue weighted by Crippen LogP contribution is 2.31. The van der Waals surface area contributed by atoms with Gasteiger partial charge in [-0.2, -0.15) is 0 Å². The Balaban J connectivity index is 3.21. The van der Waals surface area contributed by atoms with Gasteiger partial charge >= 0.3 is 0 Å². The van der Waals surface area contributed by atoms with E-state index in [0.29, 0.717) is 24.9 Å². The lowest BCUT2D eigenvalue weighted by Crippen LogP contribution is -2.28. The zero-order valence-electron chi connectivity index (χ0n) is 11.9. The van der Waals surface area contributed by atoms with Crippen LogP contribution >= 0.6 is 11.6 Å². The van der Waals surface area contributed by atoms with E-state index in [1.807, 2.05) is 0 Å². The lowest BCUT2D eigenvalue weighted by Gasteiger charge is -2.18. The largest absolute Gasteiger partial charge is 0.289 e. The van der Waals surface area contributed by atoms with Crippen molar-refractivity contribution in [2.24, 2.45) is 0 Å². The molecule has 0 saturated heterocycles. The van der Waals surface area contributed by atoms with Crippen LogP contribution in [0.4, 0.5) is 5.69 Å². The second kappa shape index (κ2) is 7.02. The van der Waals surface area contributed by atoms with Gasteiger partial charge in [-0.1, -0.05) is 17.7 Å². The Bertz CT molecular complexity index is 658. The highest BCUT2D eigenvalue weighted by atomic mass is 35.5. The number of halogens is 1. The molecular formula is C13H17ClN2O4S. The number of hydrogen-bond donors (Lipinski definition) is 0. The van der Waals surface area contributed by atoms with Crippen molar-refractivity contribution in [1.29, 1.82) is 0 Å². The molecule has 0 aliphatic carbocycles. The molecule has 0 fully saturated rings. The van der Waals surface area contributed by atoms with Gasteiger partial charge in [0.05, 0.1) is 9.82 Å². The molecule has 0 unspecified atom stereocenters. The van der Waals surface area contributed by atoms with Crippen molar-refractivity contribution in [2.45, 2.75) is 24.7 Å². The Kier molecular flexibility index (Phi) is 5.88. The molecule has 1 aromatic rings. The van der Waals surface area contributed by atoms with Crippen LogP contribution in [-0.2, 0) is 10.0 Å². The second-order valence-corrected chi connectivity index (χ2v) is 7.00. The Morgan fingerprint density at radius 1 is 1.48 bits per heavy atom. The van der Waals surface area contributed by atoms with Gasteiger partial charge < -0.3 is 0 Å². The van der Waals surface area contributed by atoms with Gasteiger partial charge in [0.1, 0.15) is 5.02 Å². The number of sulfonamides is 1. The van der Waals surface area contributed by atoms with Gasteiger partial charge in [0.15, 0.2) is 0 Å². The predicted octanol–water partition coefficient (Wildman–Crippen LogP) is 3.14. The maximum atomic E-state index is 12.5. The molecule has 6 nitrogen and oxygen atoms in total. The van der Waals surface area contributed by atoms with Gasteiger partial charge in [-0.05, 0) is 31.4 Å². The van der Waals surface area contributed by atoms with Gasteiger partial charge in [-0.15, -0.1) is 6.58 Å². The molecule has 0 radical (unpaired) electrons. The average Bonchev–Trinajstić information content (AvgIpc) is 2.37. The van der Waals surface area contributed by atoms with Crippen LogP contribution in [0.25, 0.3) is 0 Å². The Morgan fingerprint density at radius 2 is 2.10 bits per heavy atom. The molecule has 0 aliphatic heterocycles. The number of hydrogen-bond acceptors (Lipinski definition) is 4. The van der Waals surface area contributed by atoms with E-state index in [-0.39, 0.29) is 9.92 Å². The molecule has 0 saturated carbocycles. The van der Waals surface area contributed by atoms with Crippen LogP contribution in [0, 0.1) is 17.0 Å². The molecule has 0 atom stereocenters. The fourth-order valence-corrected chi connectivity index (χ4v) is 3.53. The van der Waals surface area contributed by atoms with Gasteiger partial charge in [-0.3, -0.25) is 10.1 Å². The van der Waals surface area contributed by atoms with E-state index < -0.39 is 20.6 Å².